The average Bonchev–Trinajstić information content (AvgIpc) is 2.10. The van der Waals surface area contributed by atoms with E-state index in [0.29, 0.717) is 0 Å². The molecule has 0 saturated heterocycles. The van der Waals surface area contributed by atoms with Crippen LogP contribution in [0.4, 0.5) is 0 Å². The van der Waals surface area contributed by atoms with Crippen LogP contribution in [0.25, 0.3) is 0 Å². The van der Waals surface area contributed by atoms with Gasteiger partial charge in [-0.1, -0.05) is 0 Å². The minimum atomic E-state index is -0.125. The molecule has 0 bridgehead atoms. The number of aliphatic hydroxyl groups excluding tert-OH is 3. The van der Waals surface area contributed by atoms with Gasteiger partial charge >= 0.3 is 0 Å². The zero-order valence-corrected chi connectivity index (χ0v) is 15.0. The summed E-state index contributed by atoms with van der Waals surface area (Å²) in [7, 11) is 0. The van der Waals surface area contributed by atoms with Gasteiger partial charge in [0, 0.05) is 35.6 Å². The number of hydrogen-bond donors (Lipinski definition) is 3. The number of hydrogen-bond acceptors (Lipinski definition) is 6. The zero-order valence-electron chi connectivity index (χ0n) is 13.9. The summed E-state index contributed by atoms with van der Waals surface area (Å²) in [5.41, 5.74) is 0. The number of ketones is 3. The van der Waals surface area contributed by atoms with Crippen molar-refractivity contribution in [1.82, 2.24) is 0 Å². The third-order valence-corrected chi connectivity index (χ3v) is 1.24. The molecule has 0 aliphatic rings. The third-order valence-electron chi connectivity index (χ3n) is 1.24. The molecular formula is C15H24AlO6. The fourth-order valence-electron chi connectivity index (χ4n) is 0.882. The monoisotopic (exact) mass is 327 g/mol. The van der Waals surface area contributed by atoms with Gasteiger partial charge in [0.2, 0.25) is 0 Å². The van der Waals surface area contributed by atoms with Gasteiger partial charge in [-0.15, -0.1) is 0 Å². The Morgan fingerprint density at radius 2 is 0.682 bits per heavy atom. The van der Waals surface area contributed by atoms with Crippen molar-refractivity contribution in [2.75, 3.05) is 0 Å². The first-order valence-corrected chi connectivity index (χ1v) is 6.02. The van der Waals surface area contributed by atoms with Crippen LogP contribution >= 0.6 is 0 Å². The van der Waals surface area contributed by atoms with Gasteiger partial charge in [0.25, 0.3) is 0 Å². The van der Waals surface area contributed by atoms with Crippen molar-refractivity contribution in [3.8, 4) is 0 Å². The van der Waals surface area contributed by atoms with Gasteiger partial charge in [-0.05, 0) is 41.5 Å². The molecule has 0 saturated carbocycles. The van der Waals surface area contributed by atoms with E-state index in [0.717, 1.165) is 0 Å². The van der Waals surface area contributed by atoms with Crippen LogP contribution in [0, 0.1) is 0 Å². The molecule has 0 spiro atoms. The molecule has 0 aromatic heterocycles. The summed E-state index contributed by atoms with van der Waals surface area (Å²) in [5, 5.41) is 25.1. The molecule has 0 aliphatic heterocycles. The second-order valence-electron chi connectivity index (χ2n) is 4.19. The van der Waals surface area contributed by atoms with Crippen LogP contribution in [-0.2, 0) is 14.4 Å². The Morgan fingerprint density at radius 1 is 0.545 bits per heavy atom. The molecule has 123 valence electrons. The molecule has 22 heavy (non-hydrogen) atoms. The third kappa shape index (κ3) is 51.8. The van der Waals surface area contributed by atoms with Gasteiger partial charge in [-0.3, -0.25) is 14.4 Å². The highest BCUT2D eigenvalue weighted by Crippen LogP contribution is 1.83. The van der Waals surface area contributed by atoms with E-state index in [1.165, 1.54) is 59.8 Å². The Bertz CT molecular complexity index is 368. The Balaban J connectivity index is -0.000000108. The van der Waals surface area contributed by atoms with E-state index in [2.05, 4.69) is 0 Å². The van der Waals surface area contributed by atoms with Crippen molar-refractivity contribution in [1.29, 1.82) is 0 Å². The van der Waals surface area contributed by atoms with Crippen molar-refractivity contribution in [2.45, 2.75) is 41.5 Å². The van der Waals surface area contributed by atoms with Crippen LogP contribution in [-0.4, -0.2) is 50.0 Å². The molecule has 0 heterocycles. The van der Waals surface area contributed by atoms with E-state index in [4.69, 9.17) is 15.3 Å². The molecule has 0 amide bonds. The number of carbonyl (C=O) groups excluding carboxylic acids is 3. The lowest BCUT2D eigenvalue weighted by Crippen LogP contribution is -1.82. The van der Waals surface area contributed by atoms with Gasteiger partial charge in [0.05, 0.1) is 17.3 Å². The van der Waals surface area contributed by atoms with Gasteiger partial charge in [-0.25, -0.2) is 0 Å². The molecule has 3 N–H and O–H groups in total. The van der Waals surface area contributed by atoms with Gasteiger partial charge < -0.3 is 15.3 Å². The Hall–Kier alpha value is -1.84. The summed E-state index contributed by atoms with van der Waals surface area (Å²) >= 11 is 0. The number of allylic oxidation sites excluding steroid dienone is 6. The molecule has 0 rings (SSSR count). The highest BCUT2D eigenvalue weighted by atomic mass is 27.0. The fourth-order valence-corrected chi connectivity index (χ4v) is 0.882. The van der Waals surface area contributed by atoms with Crippen LogP contribution in [0.15, 0.2) is 35.5 Å². The molecule has 6 nitrogen and oxygen atoms in total. The molecule has 7 heteroatoms. The Morgan fingerprint density at radius 3 is 0.682 bits per heavy atom. The molecule has 3 radical (unpaired) electrons. The van der Waals surface area contributed by atoms with Gasteiger partial charge in [0.1, 0.15) is 0 Å². The second kappa shape index (κ2) is 17.2. The summed E-state index contributed by atoms with van der Waals surface area (Å²) in [6, 6.07) is 0. The summed E-state index contributed by atoms with van der Waals surface area (Å²) in [6.45, 7) is 8.54. The van der Waals surface area contributed by atoms with Crippen LogP contribution < -0.4 is 0 Å². The van der Waals surface area contributed by atoms with Crippen LogP contribution in [0.2, 0.25) is 0 Å². The molecule has 0 atom stereocenters. The quantitative estimate of drug-likeness (QED) is 0.417. The van der Waals surface area contributed by atoms with E-state index in [1.807, 2.05) is 0 Å². The predicted molar refractivity (Wildman–Crippen MR) is 87.0 cm³/mol. The van der Waals surface area contributed by atoms with E-state index in [-0.39, 0.29) is 52.0 Å². The van der Waals surface area contributed by atoms with E-state index in [9.17, 15) is 14.4 Å². The van der Waals surface area contributed by atoms with Gasteiger partial charge in [-0.2, -0.15) is 0 Å². The van der Waals surface area contributed by atoms with Crippen molar-refractivity contribution in [2.24, 2.45) is 0 Å². The van der Waals surface area contributed by atoms with E-state index in [1.54, 1.807) is 0 Å². The second-order valence-corrected chi connectivity index (χ2v) is 4.19. The molecule has 0 fully saturated rings. The van der Waals surface area contributed by atoms with Crippen molar-refractivity contribution < 1.29 is 29.7 Å². The summed E-state index contributed by atoms with van der Waals surface area (Å²) in [6.07, 6.45) is 3.50. The number of carbonyl (C=O) groups is 3. The van der Waals surface area contributed by atoms with E-state index >= 15 is 0 Å². The van der Waals surface area contributed by atoms with Crippen molar-refractivity contribution in [3.05, 3.63) is 35.5 Å². The Labute approximate surface area is 142 Å². The maximum absolute atomic E-state index is 10.0. The van der Waals surface area contributed by atoms with E-state index < -0.39 is 0 Å². The minimum Gasteiger partial charge on any atom is -0.512 e. The van der Waals surface area contributed by atoms with Crippen LogP contribution in [0.5, 0.6) is 0 Å². The molecular weight excluding hydrogens is 303 g/mol. The maximum atomic E-state index is 10.0. The lowest BCUT2D eigenvalue weighted by atomic mass is 10.4. The molecule has 0 aromatic carbocycles. The first-order chi connectivity index (χ1) is 9.38. The average molecular weight is 327 g/mol. The van der Waals surface area contributed by atoms with Gasteiger partial charge in [0.15, 0.2) is 17.3 Å². The summed E-state index contributed by atoms with van der Waals surface area (Å²) < 4.78 is 0. The Kier molecular flexibility index (Phi) is 22.2. The maximum Gasteiger partial charge on any atom is 0.155 e. The highest BCUT2D eigenvalue weighted by Gasteiger charge is 1.84. The zero-order chi connectivity index (χ0) is 17.6. The summed E-state index contributed by atoms with van der Waals surface area (Å²) in [4.78, 5) is 30.1. The minimum absolute atomic E-state index is 0. The van der Waals surface area contributed by atoms with Crippen molar-refractivity contribution >= 4 is 34.7 Å². The highest BCUT2D eigenvalue weighted by molar-refractivity contribution is 5.88. The number of aliphatic hydroxyl groups is 3. The van der Waals surface area contributed by atoms with Crippen LogP contribution in [0.1, 0.15) is 41.5 Å². The lowest BCUT2D eigenvalue weighted by Gasteiger charge is -1.80. The predicted octanol–water partition coefficient (Wildman–Crippen LogP) is 2.73. The van der Waals surface area contributed by atoms with Crippen molar-refractivity contribution in [3.63, 3.8) is 0 Å². The molecule has 0 aromatic rings. The first kappa shape index (κ1) is 28.3. The standard InChI is InChI=1S/3C5H8O2.Al/c3*1-4(6)3-5(2)7;/h3*3,6H,1-2H3;. The summed E-state index contributed by atoms with van der Waals surface area (Å²) in [5.74, 6) is -0.187. The topological polar surface area (TPSA) is 112 Å². The molecule has 0 unspecified atom stereocenters. The normalized spacial score (nSPS) is 10.9. The fraction of sp³-hybridized carbons (Fsp3) is 0.400. The smallest absolute Gasteiger partial charge is 0.155 e. The number of rotatable bonds is 3. The molecule has 0 aliphatic carbocycles. The lowest BCUT2D eigenvalue weighted by molar-refractivity contribution is -0.113. The van der Waals surface area contributed by atoms with Crippen LogP contribution in [0.3, 0.4) is 0 Å². The first-order valence-electron chi connectivity index (χ1n) is 6.02. The largest absolute Gasteiger partial charge is 0.512 e. The SMILES string of the molecule is CC(=O)C=C(C)O.CC(=O)C=C(C)O.CC(=O)C=C(C)O.[Al].